The first-order valence-corrected chi connectivity index (χ1v) is 6.88. The molecular weight excluding hydrogens is 305 g/mol. The number of aryl methyl sites for hydroxylation is 1. The maximum absolute atomic E-state index is 10.9. The van der Waals surface area contributed by atoms with Crippen LogP contribution >= 0.6 is 27.5 Å². The third-order valence-electron chi connectivity index (χ3n) is 3.07. The van der Waals surface area contributed by atoms with Crippen LogP contribution in [0, 0.1) is 16.0 Å². The summed E-state index contributed by atoms with van der Waals surface area (Å²) in [5, 5.41) is 11.1. The Morgan fingerprint density at radius 2 is 2.24 bits per heavy atom. The zero-order valence-electron chi connectivity index (χ0n) is 9.23. The van der Waals surface area contributed by atoms with Gasteiger partial charge in [-0.15, -0.1) is 11.6 Å². The molecule has 0 saturated heterocycles. The molecule has 92 valence electrons. The Labute approximate surface area is 113 Å². The Balaban J connectivity index is 2.06. The van der Waals surface area contributed by atoms with Crippen molar-refractivity contribution < 1.29 is 4.92 Å². The summed E-state index contributed by atoms with van der Waals surface area (Å²) in [4.78, 5) is 10.6. The molecule has 0 N–H and O–H groups in total. The molecule has 0 heterocycles. The fraction of sp³-hybridized carbons (Fsp3) is 0.500. The quantitative estimate of drug-likeness (QED) is 0.461. The monoisotopic (exact) mass is 317 g/mol. The minimum absolute atomic E-state index is 0.165. The van der Waals surface area contributed by atoms with E-state index in [1.165, 1.54) is 12.8 Å². The Morgan fingerprint density at radius 1 is 1.53 bits per heavy atom. The lowest BCUT2D eigenvalue weighted by Gasteiger charge is -2.08. The van der Waals surface area contributed by atoms with Crippen LogP contribution in [-0.2, 0) is 6.42 Å². The molecule has 1 fully saturated rings. The molecule has 3 nitrogen and oxygen atoms in total. The second-order valence-electron chi connectivity index (χ2n) is 4.42. The molecular formula is C12H13BrClNO2. The van der Waals surface area contributed by atoms with Crippen LogP contribution < -0.4 is 0 Å². The minimum atomic E-state index is -0.333. The third kappa shape index (κ3) is 3.42. The van der Waals surface area contributed by atoms with Gasteiger partial charge >= 0.3 is 0 Å². The second-order valence-corrected chi connectivity index (χ2v) is 5.90. The molecule has 0 spiro atoms. The fourth-order valence-corrected chi connectivity index (χ4v) is 2.62. The topological polar surface area (TPSA) is 43.1 Å². The summed E-state index contributed by atoms with van der Waals surface area (Å²) in [6, 6.07) is 5.19. The van der Waals surface area contributed by atoms with Gasteiger partial charge in [0.05, 0.1) is 4.92 Å². The van der Waals surface area contributed by atoms with Crippen LogP contribution in [0.4, 0.5) is 5.69 Å². The average Bonchev–Trinajstić information content (AvgIpc) is 3.10. The van der Waals surface area contributed by atoms with E-state index in [1.807, 2.05) is 6.07 Å². The number of nitro groups is 1. The van der Waals surface area contributed by atoms with Crippen molar-refractivity contribution in [2.75, 3.05) is 0 Å². The molecule has 17 heavy (non-hydrogen) atoms. The molecule has 5 heteroatoms. The number of benzene rings is 1. The number of hydrogen-bond donors (Lipinski definition) is 0. The molecule has 0 amide bonds. The molecule has 0 aliphatic heterocycles. The standard InChI is InChI=1S/C12H13BrClNO2/c13-10-5-3-9(12(7-10)15(16)17)4-6-11(14)8-1-2-8/h3,5,7-8,11H,1-2,4,6H2. The van der Waals surface area contributed by atoms with E-state index in [-0.39, 0.29) is 16.0 Å². The van der Waals surface area contributed by atoms with E-state index in [0.717, 1.165) is 16.5 Å². The summed E-state index contributed by atoms with van der Waals surface area (Å²) in [7, 11) is 0. The van der Waals surface area contributed by atoms with Crippen molar-refractivity contribution in [3.05, 3.63) is 38.3 Å². The Kier molecular flexibility index (Phi) is 4.05. The van der Waals surface area contributed by atoms with Gasteiger partial charge in [0.1, 0.15) is 0 Å². The summed E-state index contributed by atoms with van der Waals surface area (Å²) >= 11 is 9.46. The summed E-state index contributed by atoms with van der Waals surface area (Å²) in [6.07, 6.45) is 3.90. The van der Waals surface area contributed by atoms with Gasteiger partial charge in [0.15, 0.2) is 0 Å². The van der Waals surface area contributed by atoms with Crippen LogP contribution in [0.3, 0.4) is 0 Å². The second kappa shape index (κ2) is 5.36. The predicted molar refractivity (Wildman–Crippen MR) is 71.5 cm³/mol. The average molecular weight is 319 g/mol. The van der Waals surface area contributed by atoms with Gasteiger partial charge in [-0.2, -0.15) is 0 Å². The maximum Gasteiger partial charge on any atom is 0.273 e. The zero-order valence-corrected chi connectivity index (χ0v) is 11.6. The number of rotatable bonds is 5. The van der Waals surface area contributed by atoms with E-state index >= 15 is 0 Å². The zero-order chi connectivity index (χ0) is 12.4. The SMILES string of the molecule is O=[N+]([O-])c1cc(Br)ccc1CCC(Cl)C1CC1. The van der Waals surface area contributed by atoms with Gasteiger partial charge in [-0.05, 0) is 37.7 Å². The van der Waals surface area contributed by atoms with E-state index in [9.17, 15) is 10.1 Å². The lowest BCUT2D eigenvalue weighted by Crippen LogP contribution is -2.04. The summed E-state index contributed by atoms with van der Waals surface area (Å²) in [5.74, 6) is 0.631. The van der Waals surface area contributed by atoms with Crippen LogP contribution in [-0.4, -0.2) is 10.3 Å². The van der Waals surface area contributed by atoms with Gasteiger partial charge in [0, 0.05) is 21.5 Å². The number of halogens is 2. The fourth-order valence-electron chi connectivity index (χ4n) is 1.91. The molecule has 1 aromatic rings. The lowest BCUT2D eigenvalue weighted by atomic mass is 10.0. The summed E-state index contributed by atoms with van der Waals surface area (Å²) < 4.78 is 0.734. The molecule has 0 aromatic heterocycles. The smallest absolute Gasteiger partial charge is 0.258 e. The highest BCUT2D eigenvalue weighted by Gasteiger charge is 2.29. The number of alkyl halides is 1. The van der Waals surface area contributed by atoms with Crippen LogP contribution in [0.2, 0.25) is 0 Å². The molecule has 2 rings (SSSR count). The third-order valence-corrected chi connectivity index (χ3v) is 4.13. The molecule has 1 aliphatic rings. The molecule has 1 aliphatic carbocycles. The summed E-state index contributed by atoms with van der Waals surface area (Å²) in [5.41, 5.74) is 0.948. The molecule has 1 unspecified atom stereocenters. The van der Waals surface area contributed by atoms with Crippen molar-refractivity contribution in [1.29, 1.82) is 0 Å². The van der Waals surface area contributed by atoms with Crippen molar-refractivity contribution in [2.45, 2.75) is 31.1 Å². The molecule has 0 bridgehead atoms. The number of hydrogen-bond acceptors (Lipinski definition) is 2. The van der Waals surface area contributed by atoms with Gasteiger partial charge in [-0.3, -0.25) is 10.1 Å². The largest absolute Gasteiger partial charge is 0.273 e. The maximum atomic E-state index is 10.9. The van der Waals surface area contributed by atoms with Crippen molar-refractivity contribution in [1.82, 2.24) is 0 Å². The van der Waals surface area contributed by atoms with Crippen LogP contribution in [0.25, 0.3) is 0 Å². The van der Waals surface area contributed by atoms with E-state index in [2.05, 4.69) is 15.9 Å². The van der Waals surface area contributed by atoms with Crippen molar-refractivity contribution in [3.63, 3.8) is 0 Å². The number of nitrogens with zero attached hydrogens (tertiary/aromatic N) is 1. The first kappa shape index (κ1) is 12.8. The van der Waals surface area contributed by atoms with E-state index in [0.29, 0.717) is 12.3 Å². The summed E-state index contributed by atoms with van der Waals surface area (Å²) in [6.45, 7) is 0. The van der Waals surface area contributed by atoms with Gasteiger partial charge in [-0.1, -0.05) is 22.0 Å². The Morgan fingerprint density at radius 3 is 2.82 bits per heavy atom. The first-order valence-electron chi connectivity index (χ1n) is 5.65. The normalized spacial score (nSPS) is 16.8. The van der Waals surface area contributed by atoms with E-state index < -0.39 is 0 Å². The van der Waals surface area contributed by atoms with Crippen LogP contribution in [0.1, 0.15) is 24.8 Å². The molecule has 1 saturated carbocycles. The lowest BCUT2D eigenvalue weighted by molar-refractivity contribution is -0.385. The van der Waals surface area contributed by atoms with Crippen LogP contribution in [0.5, 0.6) is 0 Å². The van der Waals surface area contributed by atoms with Gasteiger partial charge in [0.25, 0.3) is 5.69 Å². The Hall–Kier alpha value is -0.610. The van der Waals surface area contributed by atoms with Crippen molar-refractivity contribution in [2.24, 2.45) is 5.92 Å². The van der Waals surface area contributed by atoms with Crippen LogP contribution in [0.15, 0.2) is 22.7 Å². The highest BCUT2D eigenvalue weighted by Crippen LogP contribution is 2.38. The molecule has 1 atom stereocenters. The minimum Gasteiger partial charge on any atom is -0.258 e. The highest BCUT2D eigenvalue weighted by molar-refractivity contribution is 9.10. The van der Waals surface area contributed by atoms with Crippen molar-refractivity contribution >= 4 is 33.2 Å². The number of nitro benzene ring substituents is 1. The predicted octanol–water partition coefficient (Wildman–Crippen LogP) is 4.31. The van der Waals surface area contributed by atoms with Crippen molar-refractivity contribution in [3.8, 4) is 0 Å². The van der Waals surface area contributed by atoms with Gasteiger partial charge in [-0.25, -0.2) is 0 Å². The van der Waals surface area contributed by atoms with E-state index in [4.69, 9.17) is 11.6 Å². The Bertz CT molecular complexity index is 435. The van der Waals surface area contributed by atoms with Gasteiger partial charge < -0.3 is 0 Å². The molecule has 0 radical (unpaired) electrons. The first-order chi connectivity index (χ1) is 8.08. The van der Waals surface area contributed by atoms with Gasteiger partial charge in [0.2, 0.25) is 0 Å². The van der Waals surface area contributed by atoms with E-state index in [1.54, 1.807) is 12.1 Å². The molecule has 1 aromatic carbocycles. The highest BCUT2D eigenvalue weighted by atomic mass is 79.9.